The molecule has 1 aromatic rings. The fraction of sp³-hybridized carbons (Fsp3) is 0.357. The highest BCUT2D eigenvalue weighted by Gasteiger charge is 2.06. The van der Waals surface area contributed by atoms with E-state index in [0.29, 0.717) is 5.92 Å². The molecule has 1 aromatic carbocycles. The number of nitrogens with zero attached hydrogens (tertiary/aromatic N) is 1. The number of hydrogen-bond acceptors (Lipinski definition) is 1. The highest BCUT2D eigenvalue weighted by molar-refractivity contribution is 5.68. The summed E-state index contributed by atoms with van der Waals surface area (Å²) in [5.41, 5.74) is 3.30. The van der Waals surface area contributed by atoms with Gasteiger partial charge in [0, 0.05) is 5.56 Å². The van der Waals surface area contributed by atoms with Crippen LogP contribution in [0.5, 0.6) is 0 Å². The Bertz CT molecular complexity index is 324. The fourth-order valence-corrected chi connectivity index (χ4v) is 1.43. The van der Waals surface area contributed by atoms with E-state index in [4.69, 9.17) is 0 Å². The first-order chi connectivity index (χ1) is 7.20. The number of aliphatic imine (C=N–C) groups is 1. The van der Waals surface area contributed by atoms with Gasteiger partial charge in [-0.05, 0) is 24.3 Å². The molecule has 0 fully saturated rings. The van der Waals surface area contributed by atoms with Gasteiger partial charge in [-0.1, -0.05) is 52.5 Å². The lowest BCUT2D eigenvalue weighted by Crippen LogP contribution is -1.91. The molecule has 1 rings (SSSR count). The molecule has 0 atom stereocenters. The molecule has 0 saturated carbocycles. The van der Waals surface area contributed by atoms with Crippen molar-refractivity contribution in [1.82, 2.24) is 0 Å². The molecule has 0 radical (unpaired) electrons. The van der Waals surface area contributed by atoms with Crippen molar-refractivity contribution in [2.75, 3.05) is 0 Å². The molecule has 15 heavy (non-hydrogen) atoms. The molecular formula is C14H21N. The maximum atomic E-state index is 3.96. The van der Waals surface area contributed by atoms with E-state index in [2.05, 4.69) is 38.2 Å². The van der Waals surface area contributed by atoms with Crippen LogP contribution in [0.15, 0.2) is 29.8 Å². The molecule has 1 heteroatoms. The molecule has 0 amide bonds. The summed E-state index contributed by atoms with van der Waals surface area (Å²) in [7, 11) is 0. The third-order valence-corrected chi connectivity index (χ3v) is 2.11. The Morgan fingerprint density at radius 2 is 1.87 bits per heavy atom. The predicted octanol–water partition coefficient (Wildman–Crippen LogP) is 4.81. The minimum absolute atomic E-state index is 0.495. The van der Waals surface area contributed by atoms with E-state index in [0.717, 1.165) is 11.3 Å². The Hall–Kier alpha value is -1.37. The van der Waals surface area contributed by atoms with Crippen molar-refractivity contribution >= 4 is 18.5 Å². The lowest BCUT2D eigenvalue weighted by atomic mass is 9.96. The third-order valence-electron chi connectivity index (χ3n) is 2.11. The van der Waals surface area contributed by atoms with Crippen LogP contribution in [0.25, 0.3) is 6.08 Å². The molecule has 0 aliphatic heterocycles. The number of hydrogen-bond donors (Lipinski definition) is 0. The SMILES string of the molecule is C=Cc1c(N=C)cccc1C(C)C.CC. The Kier molecular flexibility index (Phi) is 6.35. The lowest BCUT2D eigenvalue weighted by Gasteiger charge is -2.11. The van der Waals surface area contributed by atoms with Crippen molar-refractivity contribution in [2.24, 2.45) is 4.99 Å². The summed E-state index contributed by atoms with van der Waals surface area (Å²) < 4.78 is 0. The summed E-state index contributed by atoms with van der Waals surface area (Å²) in [6.45, 7) is 15.7. The zero-order valence-corrected chi connectivity index (χ0v) is 10.2. The molecule has 0 aromatic heterocycles. The highest BCUT2D eigenvalue weighted by atomic mass is 14.7. The van der Waals surface area contributed by atoms with Gasteiger partial charge < -0.3 is 0 Å². The molecule has 0 spiro atoms. The average Bonchev–Trinajstić information content (AvgIpc) is 2.30. The van der Waals surface area contributed by atoms with Crippen molar-refractivity contribution in [3.8, 4) is 0 Å². The van der Waals surface area contributed by atoms with Crippen LogP contribution < -0.4 is 0 Å². The second-order valence-electron chi connectivity index (χ2n) is 3.30. The molecule has 0 aliphatic carbocycles. The Morgan fingerprint density at radius 3 is 2.27 bits per heavy atom. The third kappa shape index (κ3) is 3.35. The van der Waals surface area contributed by atoms with E-state index in [1.807, 2.05) is 32.1 Å². The molecule has 0 unspecified atom stereocenters. The Morgan fingerprint density at radius 1 is 1.27 bits per heavy atom. The maximum Gasteiger partial charge on any atom is 0.0697 e. The summed E-state index contributed by atoms with van der Waals surface area (Å²) >= 11 is 0. The molecule has 1 nitrogen and oxygen atoms in total. The second-order valence-corrected chi connectivity index (χ2v) is 3.30. The normalized spacial score (nSPS) is 9.13. The summed E-state index contributed by atoms with van der Waals surface area (Å²) in [6.07, 6.45) is 1.85. The van der Waals surface area contributed by atoms with Crippen LogP contribution in [0.3, 0.4) is 0 Å². The van der Waals surface area contributed by atoms with E-state index in [-0.39, 0.29) is 0 Å². The topological polar surface area (TPSA) is 12.4 Å². The highest BCUT2D eigenvalue weighted by Crippen LogP contribution is 2.28. The fourth-order valence-electron chi connectivity index (χ4n) is 1.43. The summed E-state index contributed by atoms with van der Waals surface area (Å²) in [4.78, 5) is 3.96. The van der Waals surface area contributed by atoms with Crippen LogP contribution in [-0.4, -0.2) is 6.72 Å². The van der Waals surface area contributed by atoms with Crippen LogP contribution in [0.4, 0.5) is 5.69 Å². The van der Waals surface area contributed by atoms with Gasteiger partial charge in [-0.2, -0.15) is 0 Å². The van der Waals surface area contributed by atoms with Gasteiger partial charge in [-0.25, -0.2) is 0 Å². The summed E-state index contributed by atoms with van der Waals surface area (Å²) in [5, 5.41) is 0. The Balaban J connectivity index is 0.000000921. The van der Waals surface area contributed by atoms with Gasteiger partial charge >= 0.3 is 0 Å². The van der Waals surface area contributed by atoms with Gasteiger partial charge in [0.1, 0.15) is 0 Å². The smallest absolute Gasteiger partial charge is 0.0697 e. The van der Waals surface area contributed by atoms with Crippen molar-refractivity contribution < 1.29 is 0 Å². The molecule has 0 heterocycles. The van der Waals surface area contributed by atoms with Gasteiger partial charge in [0.25, 0.3) is 0 Å². The standard InChI is InChI=1S/C12H15N.C2H6/c1-5-10-11(9(2)3)7-6-8-12(10)13-4;1-2/h5-9H,1,4H2,2-3H3;1-2H3. The van der Waals surface area contributed by atoms with E-state index < -0.39 is 0 Å². The van der Waals surface area contributed by atoms with Crippen molar-refractivity contribution in [1.29, 1.82) is 0 Å². The second kappa shape index (κ2) is 6.99. The lowest BCUT2D eigenvalue weighted by molar-refractivity contribution is 0.864. The van der Waals surface area contributed by atoms with Crippen LogP contribution in [0, 0.1) is 0 Å². The maximum absolute atomic E-state index is 3.96. The zero-order valence-electron chi connectivity index (χ0n) is 10.2. The molecule has 82 valence electrons. The molecule has 0 bridgehead atoms. The number of benzene rings is 1. The van der Waals surface area contributed by atoms with Crippen molar-refractivity contribution in [3.63, 3.8) is 0 Å². The van der Waals surface area contributed by atoms with E-state index in [1.165, 1.54) is 5.56 Å². The first kappa shape index (κ1) is 13.6. The minimum atomic E-state index is 0.495. The van der Waals surface area contributed by atoms with Gasteiger partial charge in [0.15, 0.2) is 0 Å². The van der Waals surface area contributed by atoms with Gasteiger partial charge in [0.05, 0.1) is 5.69 Å². The molecular weight excluding hydrogens is 182 g/mol. The molecule has 0 N–H and O–H groups in total. The van der Waals surface area contributed by atoms with Crippen molar-refractivity contribution in [3.05, 3.63) is 35.9 Å². The monoisotopic (exact) mass is 203 g/mol. The first-order valence-electron chi connectivity index (χ1n) is 5.42. The predicted molar refractivity (Wildman–Crippen MR) is 71.2 cm³/mol. The first-order valence-corrected chi connectivity index (χ1v) is 5.42. The molecule has 0 aliphatic rings. The largest absolute Gasteiger partial charge is 0.264 e. The van der Waals surface area contributed by atoms with Crippen LogP contribution in [-0.2, 0) is 0 Å². The summed E-state index contributed by atoms with van der Waals surface area (Å²) in [6, 6.07) is 6.07. The van der Waals surface area contributed by atoms with Crippen LogP contribution in [0.2, 0.25) is 0 Å². The Labute approximate surface area is 93.6 Å². The number of rotatable bonds is 3. The van der Waals surface area contributed by atoms with E-state index in [9.17, 15) is 0 Å². The van der Waals surface area contributed by atoms with Crippen molar-refractivity contribution in [2.45, 2.75) is 33.6 Å². The van der Waals surface area contributed by atoms with E-state index >= 15 is 0 Å². The van der Waals surface area contributed by atoms with E-state index in [1.54, 1.807) is 0 Å². The van der Waals surface area contributed by atoms with Gasteiger partial charge in [-0.3, -0.25) is 4.99 Å². The average molecular weight is 203 g/mol. The quantitative estimate of drug-likeness (QED) is 0.625. The molecule has 0 saturated heterocycles. The summed E-state index contributed by atoms with van der Waals surface area (Å²) in [5.74, 6) is 0.495. The van der Waals surface area contributed by atoms with Crippen LogP contribution in [0.1, 0.15) is 44.7 Å². The zero-order chi connectivity index (χ0) is 11.8. The van der Waals surface area contributed by atoms with Gasteiger partial charge in [0.2, 0.25) is 0 Å². The van der Waals surface area contributed by atoms with Gasteiger partial charge in [-0.15, -0.1) is 0 Å². The van der Waals surface area contributed by atoms with Crippen LogP contribution >= 0.6 is 0 Å². The minimum Gasteiger partial charge on any atom is -0.264 e.